The molecule has 0 N–H and O–H groups in total. The van der Waals surface area contributed by atoms with Crippen molar-refractivity contribution in [3.05, 3.63) is 77.0 Å². The molecular weight excluding hydrogens is 581 g/mol. The summed E-state index contributed by atoms with van der Waals surface area (Å²) >= 11 is 0. The second-order valence-electron chi connectivity index (χ2n) is 13.0. The zero-order valence-electron chi connectivity index (χ0n) is 27.3. The number of carbonyl (C=O) groups excluding carboxylic acids is 1. The summed E-state index contributed by atoms with van der Waals surface area (Å²) in [6.45, 7) is 23.5. The molecule has 1 amide bonds. The lowest BCUT2D eigenvalue weighted by atomic mass is 9.99. The number of hydrogen-bond donors (Lipinski definition) is 0. The summed E-state index contributed by atoms with van der Waals surface area (Å²) in [7, 11) is 0. The molecule has 3 aliphatic rings. The maximum Gasteiger partial charge on any atom is 0.318 e. The Balaban J connectivity index is 1.33. The largest absolute Gasteiger partial charge is 0.463 e. The number of anilines is 2. The highest BCUT2D eigenvalue weighted by Gasteiger charge is 2.45. The van der Waals surface area contributed by atoms with Crippen molar-refractivity contribution in [2.45, 2.75) is 52.6 Å². The smallest absolute Gasteiger partial charge is 0.318 e. The molecule has 0 radical (unpaired) electrons. The summed E-state index contributed by atoms with van der Waals surface area (Å²) in [5.41, 5.74) is 4.56. The fraction of sp³-hybridized carbons (Fsp3) is 0.500. The van der Waals surface area contributed by atoms with Crippen LogP contribution in [0.5, 0.6) is 6.01 Å². The lowest BCUT2D eigenvalue weighted by Gasteiger charge is -2.41. The lowest BCUT2D eigenvalue weighted by Crippen LogP contribution is -2.57. The number of halogens is 1. The van der Waals surface area contributed by atoms with E-state index >= 15 is 0 Å². The molecule has 3 aromatic rings. The number of hydrogen-bond acceptors (Lipinski definition) is 7. The van der Waals surface area contributed by atoms with Crippen LogP contribution < -0.4 is 14.5 Å². The standard InChI is InChI=1S/C36H44FN7O2/c1-6-41(7-2)23-36(15-16-36)24-46-35-39-30-22-42(31-13-9-12-27-11-8-10-25(3)32(27)31)17-14-29(30)33(40-35)43-18-19-44(34(45)26(4)37)28(21-43)20-38-5/h8-13,28H,4,6-7,14-24H2,1-3H3. The molecule has 1 aromatic heterocycles. The van der Waals surface area contributed by atoms with Gasteiger partial charge in [-0.25, -0.2) is 11.0 Å². The van der Waals surface area contributed by atoms with Gasteiger partial charge < -0.3 is 29.2 Å². The van der Waals surface area contributed by atoms with Gasteiger partial charge in [0.25, 0.3) is 5.91 Å². The predicted molar refractivity (Wildman–Crippen MR) is 180 cm³/mol. The van der Waals surface area contributed by atoms with Gasteiger partial charge in [-0.3, -0.25) is 4.79 Å². The molecule has 2 aliphatic heterocycles. The van der Waals surface area contributed by atoms with E-state index in [4.69, 9.17) is 21.3 Å². The predicted octanol–water partition coefficient (Wildman–Crippen LogP) is 5.42. The first-order chi connectivity index (χ1) is 22.3. The van der Waals surface area contributed by atoms with Crippen LogP contribution in [0, 0.1) is 18.9 Å². The van der Waals surface area contributed by atoms with E-state index in [1.807, 2.05) is 0 Å². The highest BCUT2D eigenvalue weighted by molar-refractivity contribution is 5.97. The van der Waals surface area contributed by atoms with Gasteiger partial charge in [-0.05, 0) is 56.3 Å². The van der Waals surface area contributed by atoms with E-state index in [0.717, 1.165) is 62.5 Å². The molecule has 1 unspecified atom stereocenters. The fourth-order valence-corrected chi connectivity index (χ4v) is 7.09. The number of amides is 1. The van der Waals surface area contributed by atoms with E-state index in [1.165, 1.54) is 26.9 Å². The molecule has 242 valence electrons. The third kappa shape index (κ3) is 6.38. The Hall–Kier alpha value is -4.23. The normalized spacial score (nSPS) is 18.8. The third-order valence-corrected chi connectivity index (χ3v) is 9.95. The van der Waals surface area contributed by atoms with Crippen molar-refractivity contribution < 1.29 is 13.9 Å². The topological polar surface area (TPSA) is 69.4 Å². The van der Waals surface area contributed by atoms with Gasteiger partial charge in [0.05, 0.1) is 18.8 Å². The number of benzene rings is 2. The maximum atomic E-state index is 13.9. The van der Waals surface area contributed by atoms with Crippen molar-refractivity contribution >= 4 is 28.2 Å². The van der Waals surface area contributed by atoms with Crippen LogP contribution in [0.25, 0.3) is 15.6 Å². The van der Waals surface area contributed by atoms with Crippen LogP contribution in [0.3, 0.4) is 0 Å². The number of ether oxygens (including phenoxy) is 1. The van der Waals surface area contributed by atoms with Gasteiger partial charge in [0, 0.05) is 54.8 Å². The van der Waals surface area contributed by atoms with Crippen molar-refractivity contribution in [3.8, 4) is 6.01 Å². The van der Waals surface area contributed by atoms with Crippen LogP contribution in [-0.4, -0.2) is 90.7 Å². The van der Waals surface area contributed by atoms with Crippen molar-refractivity contribution in [1.29, 1.82) is 0 Å². The van der Waals surface area contributed by atoms with Crippen molar-refractivity contribution in [2.75, 3.05) is 68.8 Å². The maximum absolute atomic E-state index is 13.9. The molecule has 1 aliphatic carbocycles. The van der Waals surface area contributed by atoms with Gasteiger partial charge >= 0.3 is 6.01 Å². The van der Waals surface area contributed by atoms with Crippen molar-refractivity contribution in [2.24, 2.45) is 5.41 Å². The van der Waals surface area contributed by atoms with Crippen LogP contribution in [0.2, 0.25) is 0 Å². The second-order valence-corrected chi connectivity index (χ2v) is 13.0. The van der Waals surface area contributed by atoms with E-state index in [9.17, 15) is 9.18 Å². The summed E-state index contributed by atoms with van der Waals surface area (Å²) in [5.74, 6) is -0.949. The van der Waals surface area contributed by atoms with Gasteiger partial charge in [0.15, 0.2) is 5.83 Å². The summed E-state index contributed by atoms with van der Waals surface area (Å²) < 4.78 is 20.3. The van der Waals surface area contributed by atoms with E-state index in [-0.39, 0.29) is 18.5 Å². The van der Waals surface area contributed by atoms with Gasteiger partial charge in [-0.1, -0.05) is 50.8 Å². The highest BCUT2D eigenvalue weighted by atomic mass is 19.1. The first kappa shape index (κ1) is 31.7. The molecule has 46 heavy (non-hydrogen) atoms. The van der Waals surface area contributed by atoms with Gasteiger partial charge in [-0.2, -0.15) is 9.97 Å². The third-order valence-electron chi connectivity index (χ3n) is 9.95. The highest BCUT2D eigenvalue weighted by Crippen LogP contribution is 2.46. The van der Waals surface area contributed by atoms with Gasteiger partial charge in [0.1, 0.15) is 11.9 Å². The zero-order chi connectivity index (χ0) is 32.4. The molecule has 0 bridgehead atoms. The molecule has 6 rings (SSSR count). The van der Waals surface area contributed by atoms with Crippen molar-refractivity contribution in [3.63, 3.8) is 0 Å². The minimum Gasteiger partial charge on any atom is -0.463 e. The molecule has 1 saturated carbocycles. The number of aromatic nitrogens is 2. The Morgan fingerprint density at radius 1 is 1.13 bits per heavy atom. The van der Waals surface area contributed by atoms with E-state index in [0.29, 0.717) is 32.3 Å². The van der Waals surface area contributed by atoms with Crippen LogP contribution in [0.15, 0.2) is 48.8 Å². The minimum atomic E-state index is -0.999. The quantitative estimate of drug-likeness (QED) is 0.208. The Morgan fingerprint density at radius 2 is 1.89 bits per heavy atom. The van der Waals surface area contributed by atoms with Gasteiger partial charge in [0.2, 0.25) is 6.54 Å². The Labute approximate surface area is 271 Å². The summed E-state index contributed by atoms with van der Waals surface area (Å²) in [6, 6.07) is 12.8. The molecule has 1 saturated heterocycles. The number of piperazine rings is 1. The Bertz CT molecular complexity index is 1660. The molecule has 2 fully saturated rings. The van der Waals surface area contributed by atoms with Crippen LogP contribution in [-0.2, 0) is 17.8 Å². The van der Waals surface area contributed by atoms with Crippen LogP contribution in [0.4, 0.5) is 15.9 Å². The van der Waals surface area contributed by atoms with Crippen LogP contribution in [0.1, 0.15) is 43.5 Å². The number of rotatable bonds is 11. The summed E-state index contributed by atoms with van der Waals surface area (Å²) in [5, 5.41) is 2.47. The fourth-order valence-electron chi connectivity index (χ4n) is 7.09. The Kier molecular flexibility index (Phi) is 9.14. The number of carbonyl (C=O) groups is 1. The molecular formula is C36H44FN7O2. The van der Waals surface area contributed by atoms with E-state index in [2.05, 4.69) is 83.3 Å². The van der Waals surface area contributed by atoms with Gasteiger partial charge in [-0.15, -0.1) is 0 Å². The average molecular weight is 626 g/mol. The average Bonchev–Trinajstić information content (AvgIpc) is 3.84. The molecule has 2 aromatic carbocycles. The number of nitrogens with zero attached hydrogens (tertiary/aromatic N) is 7. The van der Waals surface area contributed by atoms with Crippen LogP contribution >= 0.6 is 0 Å². The summed E-state index contributed by atoms with van der Waals surface area (Å²) in [6.07, 6.45) is 3.00. The Morgan fingerprint density at radius 3 is 2.59 bits per heavy atom. The number of aryl methyl sites for hydroxylation is 1. The molecule has 1 atom stereocenters. The molecule has 10 heteroatoms. The van der Waals surface area contributed by atoms with E-state index < -0.39 is 17.8 Å². The SMILES string of the molecule is [C-]#[N+]CC1CN(c2nc(OCC3(CN(CC)CC)CC3)nc3c2CCN(c2cccc4cccc(C)c24)C3)CCN1C(=O)C(=C)F. The minimum absolute atomic E-state index is 0.0776. The van der Waals surface area contributed by atoms with E-state index in [1.54, 1.807) is 0 Å². The zero-order valence-corrected chi connectivity index (χ0v) is 27.3. The summed E-state index contributed by atoms with van der Waals surface area (Å²) in [4.78, 5) is 34.6. The molecule has 0 spiro atoms. The first-order valence-corrected chi connectivity index (χ1v) is 16.5. The lowest BCUT2D eigenvalue weighted by molar-refractivity contribution is -0.131. The number of fused-ring (bicyclic) bond motifs is 2. The molecule has 3 heterocycles. The monoisotopic (exact) mass is 625 g/mol. The molecule has 9 nitrogen and oxygen atoms in total. The second kappa shape index (κ2) is 13.2. The first-order valence-electron chi connectivity index (χ1n) is 16.5. The van der Waals surface area contributed by atoms with Crippen molar-refractivity contribution in [1.82, 2.24) is 19.8 Å².